The molecule has 3 heteroatoms. The number of benzene rings is 3. The zero-order valence-electron chi connectivity index (χ0n) is 17.8. The van der Waals surface area contributed by atoms with E-state index in [4.69, 9.17) is 4.98 Å². The number of carbonyl (C=O) groups excluding carboxylic acids is 1. The Balaban J connectivity index is 1.83. The van der Waals surface area contributed by atoms with E-state index >= 15 is 0 Å². The van der Waals surface area contributed by atoms with E-state index in [-0.39, 0.29) is 5.78 Å². The molecule has 0 N–H and O–H groups in total. The number of ketones is 1. The minimum Gasteiger partial charge on any atom is -0.296 e. The van der Waals surface area contributed by atoms with Crippen molar-refractivity contribution in [3.05, 3.63) is 138 Å². The van der Waals surface area contributed by atoms with Crippen molar-refractivity contribution < 1.29 is 4.79 Å². The number of carbonyl (C=O) groups is 1. The van der Waals surface area contributed by atoms with Crippen LogP contribution in [0.3, 0.4) is 0 Å². The molecule has 3 aromatic carbocycles. The Morgan fingerprint density at radius 1 is 0.719 bits per heavy atom. The van der Waals surface area contributed by atoms with Gasteiger partial charge in [-0.2, -0.15) is 0 Å². The fraction of sp³-hybridized carbons (Fsp3) is 0.0345. The first-order chi connectivity index (χ1) is 15.7. The maximum Gasteiger partial charge on any atom is 0.186 e. The number of allylic oxidation sites excluding steroid dienone is 1. The average molecular weight is 415 g/mol. The Kier molecular flexibility index (Phi) is 5.22. The van der Waals surface area contributed by atoms with E-state index in [0.29, 0.717) is 5.56 Å². The molecule has 0 aliphatic heterocycles. The molecule has 5 rings (SSSR count). The van der Waals surface area contributed by atoms with Gasteiger partial charge in [0, 0.05) is 22.4 Å². The third kappa shape index (κ3) is 3.65. The van der Waals surface area contributed by atoms with E-state index in [0.717, 1.165) is 39.4 Å². The van der Waals surface area contributed by atoms with Crippen LogP contribution in [0.4, 0.5) is 0 Å². The molecule has 0 bridgehead atoms. The summed E-state index contributed by atoms with van der Waals surface area (Å²) in [6.07, 6.45) is 1.74. The normalized spacial score (nSPS) is 11.6. The van der Waals surface area contributed by atoms with Gasteiger partial charge in [0.2, 0.25) is 0 Å². The summed E-state index contributed by atoms with van der Waals surface area (Å²) in [7, 11) is 0. The summed E-state index contributed by atoms with van der Waals surface area (Å²) in [5.74, 6) is -0.0352. The van der Waals surface area contributed by atoms with Crippen LogP contribution in [0.25, 0.3) is 22.5 Å². The molecule has 0 atom stereocenters. The predicted molar refractivity (Wildman–Crippen MR) is 130 cm³/mol. The summed E-state index contributed by atoms with van der Waals surface area (Å²) in [6.45, 7) is 2.06. The van der Waals surface area contributed by atoms with Crippen molar-refractivity contribution in [1.29, 1.82) is 0 Å². The molecule has 0 amide bonds. The lowest BCUT2D eigenvalue weighted by Crippen LogP contribution is -2.03. The smallest absolute Gasteiger partial charge is 0.186 e. The Hall–Kier alpha value is -4.24. The SMILES string of the molecule is Cc1cccc2nc(-c3ccccc3)c(/C(=C\C(=O)c3ccccc3)c3ccccc3)n12. The number of aromatic nitrogens is 2. The molecule has 0 saturated carbocycles. The topological polar surface area (TPSA) is 34.4 Å². The molecule has 0 fully saturated rings. The van der Waals surface area contributed by atoms with Crippen LogP contribution in [-0.4, -0.2) is 15.2 Å². The van der Waals surface area contributed by atoms with Crippen LogP contribution in [-0.2, 0) is 0 Å². The van der Waals surface area contributed by atoms with Gasteiger partial charge >= 0.3 is 0 Å². The molecule has 0 radical (unpaired) electrons. The molecule has 0 aliphatic rings. The molecule has 2 heterocycles. The van der Waals surface area contributed by atoms with Crippen LogP contribution in [0.1, 0.15) is 27.3 Å². The van der Waals surface area contributed by atoms with E-state index in [2.05, 4.69) is 29.5 Å². The lowest BCUT2D eigenvalue weighted by Gasteiger charge is -2.13. The van der Waals surface area contributed by atoms with Crippen molar-refractivity contribution >= 4 is 17.0 Å². The van der Waals surface area contributed by atoms with Crippen molar-refractivity contribution in [2.75, 3.05) is 0 Å². The van der Waals surface area contributed by atoms with Crippen LogP contribution in [0, 0.1) is 6.92 Å². The number of rotatable bonds is 5. The fourth-order valence-electron chi connectivity index (χ4n) is 4.02. The maximum absolute atomic E-state index is 13.3. The standard InChI is InChI=1S/C29H22N2O/c1-21-12-11-19-27-30-28(24-17-9-4-10-18-24)29(31(21)27)25(22-13-5-2-6-14-22)20-26(32)23-15-7-3-8-16-23/h2-20H,1H3/b25-20-. The second-order valence-corrected chi connectivity index (χ2v) is 7.69. The van der Waals surface area contributed by atoms with Gasteiger partial charge in [0.25, 0.3) is 0 Å². The van der Waals surface area contributed by atoms with E-state index in [9.17, 15) is 4.79 Å². The van der Waals surface area contributed by atoms with Gasteiger partial charge in [-0.3, -0.25) is 9.20 Å². The second-order valence-electron chi connectivity index (χ2n) is 7.69. The van der Waals surface area contributed by atoms with Gasteiger partial charge in [0.05, 0.1) is 11.4 Å². The summed E-state index contributed by atoms with van der Waals surface area (Å²) >= 11 is 0. The zero-order chi connectivity index (χ0) is 21.9. The van der Waals surface area contributed by atoms with Crippen molar-refractivity contribution in [3.63, 3.8) is 0 Å². The molecule has 0 unspecified atom stereocenters. The van der Waals surface area contributed by atoms with Crippen LogP contribution in [0.15, 0.2) is 115 Å². The Labute approximate surface area is 187 Å². The molecule has 3 nitrogen and oxygen atoms in total. The Morgan fingerprint density at radius 3 is 1.97 bits per heavy atom. The summed E-state index contributed by atoms with van der Waals surface area (Å²) < 4.78 is 2.14. The highest BCUT2D eigenvalue weighted by molar-refractivity contribution is 6.11. The number of hydrogen-bond donors (Lipinski definition) is 0. The van der Waals surface area contributed by atoms with Gasteiger partial charge in [0.1, 0.15) is 5.65 Å². The van der Waals surface area contributed by atoms with Crippen LogP contribution in [0.2, 0.25) is 0 Å². The van der Waals surface area contributed by atoms with Gasteiger partial charge in [0.15, 0.2) is 5.78 Å². The van der Waals surface area contributed by atoms with Gasteiger partial charge < -0.3 is 0 Å². The van der Waals surface area contributed by atoms with Crippen molar-refractivity contribution in [2.24, 2.45) is 0 Å². The van der Waals surface area contributed by atoms with Gasteiger partial charge in [-0.15, -0.1) is 0 Å². The highest BCUT2D eigenvalue weighted by Crippen LogP contribution is 2.34. The maximum atomic E-state index is 13.3. The number of nitrogens with zero attached hydrogens (tertiary/aromatic N) is 2. The molecule has 154 valence electrons. The summed E-state index contributed by atoms with van der Waals surface area (Å²) in [6, 6.07) is 35.6. The first kappa shape index (κ1) is 19.7. The summed E-state index contributed by atoms with van der Waals surface area (Å²) in [5, 5.41) is 0. The number of fused-ring (bicyclic) bond motifs is 1. The third-order valence-corrected chi connectivity index (χ3v) is 5.56. The van der Waals surface area contributed by atoms with E-state index in [1.165, 1.54) is 0 Å². The molecular formula is C29H22N2O. The van der Waals surface area contributed by atoms with Gasteiger partial charge in [-0.25, -0.2) is 4.98 Å². The first-order valence-corrected chi connectivity index (χ1v) is 10.6. The van der Waals surface area contributed by atoms with E-state index < -0.39 is 0 Å². The molecule has 2 aromatic heterocycles. The fourth-order valence-corrected chi connectivity index (χ4v) is 4.02. The summed E-state index contributed by atoms with van der Waals surface area (Å²) in [5.41, 5.74) is 7.18. The lowest BCUT2D eigenvalue weighted by atomic mass is 9.96. The molecule has 0 aliphatic carbocycles. The zero-order valence-corrected chi connectivity index (χ0v) is 17.8. The number of aryl methyl sites for hydroxylation is 1. The molecule has 5 aromatic rings. The Morgan fingerprint density at radius 2 is 1.31 bits per heavy atom. The quantitative estimate of drug-likeness (QED) is 0.239. The van der Waals surface area contributed by atoms with Gasteiger partial charge in [-0.1, -0.05) is 97.1 Å². The lowest BCUT2D eigenvalue weighted by molar-refractivity contribution is 0.104. The highest BCUT2D eigenvalue weighted by atomic mass is 16.1. The van der Waals surface area contributed by atoms with Crippen LogP contribution in [0.5, 0.6) is 0 Å². The third-order valence-electron chi connectivity index (χ3n) is 5.56. The van der Waals surface area contributed by atoms with Crippen molar-refractivity contribution in [3.8, 4) is 11.3 Å². The largest absolute Gasteiger partial charge is 0.296 e. The average Bonchev–Trinajstić information content (AvgIpc) is 3.25. The molecule has 0 spiro atoms. The molecule has 32 heavy (non-hydrogen) atoms. The Bertz CT molecular complexity index is 1420. The van der Waals surface area contributed by atoms with Crippen molar-refractivity contribution in [2.45, 2.75) is 6.92 Å². The summed E-state index contributed by atoms with van der Waals surface area (Å²) in [4.78, 5) is 18.3. The monoisotopic (exact) mass is 414 g/mol. The predicted octanol–water partition coefficient (Wildman–Crippen LogP) is 6.62. The highest BCUT2D eigenvalue weighted by Gasteiger charge is 2.21. The number of hydrogen-bond acceptors (Lipinski definition) is 2. The number of imidazole rings is 1. The van der Waals surface area contributed by atoms with Crippen molar-refractivity contribution in [1.82, 2.24) is 9.38 Å². The number of pyridine rings is 1. The first-order valence-electron chi connectivity index (χ1n) is 10.6. The van der Waals surface area contributed by atoms with Crippen LogP contribution < -0.4 is 0 Å². The minimum absolute atomic E-state index is 0.0352. The van der Waals surface area contributed by atoms with E-state index in [1.54, 1.807) is 6.08 Å². The molecular weight excluding hydrogens is 392 g/mol. The second kappa shape index (κ2) is 8.48. The van der Waals surface area contributed by atoms with E-state index in [1.807, 2.05) is 91.0 Å². The molecule has 0 saturated heterocycles. The van der Waals surface area contributed by atoms with Gasteiger partial charge in [-0.05, 0) is 30.7 Å². The minimum atomic E-state index is -0.0352. The van der Waals surface area contributed by atoms with Crippen LogP contribution >= 0.6 is 0 Å².